The highest BCUT2D eigenvalue weighted by molar-refractivity contribution is 7.89. The number of aromatic amines is 1. The number of nitrogen functional groups attached to an aromatic ring is 1. The maximum Gasteiger partial charge on any atom is 0.291 e. The Bertz CT molecular complexity index is 742. The van der Waals surface area contributed by atoms with E-state index >= 15 is 0 Å². The summed E-state index contributed by atoms with van der Waals surface area (Å²) in [5.41, 5.74) is 5.77. The second kappa shape index (κ2) is 5.89. The van der Waals surface area contributed by atoms with Crippen molar-refractivity contribution in [3.63, 3.8) is 0 Å². The first-order valence-electron chi connectivity index (χ1n) is 5.91. The Morgan fingerprint density at radius 2 is 2.19 bits per heavy atom. The first-order valence-corrected chi connectivity index (χ1v) is 7.39. The number of imidazole rings is 1. The van der Waals surface area contributed by atoms with E-state index in [2.05, 4.69) is 14.7 Å². The monoisotopic (exact) mass is 311 g/mol. The van der Waals surface area contributed by atoms with Crippen molar-refractivity contribution in [2.24, 2.45) is 0 Å². The number of nitro benzene ring substituents is 1. The van der Waals surface area contributed by atoms with Gasteiger partial charge in [-0.25, -0.2) is 18.1 Å². The highest BCUT2D eigenvalue weighted by Crippen LogP contribution is 2.25. The summed E-state index contributed by atoms with van der Waals surface area (Å²) in [6, 6.07) is 3.44. The molecule has 0 saturated heterocycles. The molecule has 2 aromatic rings. The van der Waals surface area contributed by atoms with Crippen LogP contribution in [0.1, 0.15) is 5.69 Å². The first-order chi connectivity index (χ1) is 9.90. The number of benzene rings is 1. The van der Waals surface area contributed by atoms with Gasteiger partial charge in [0.1, 0.15) is 0 Å². The number of nitro groups is 1. The lowest BCUT2D eigenvalue weighted by Crippen LogP contribution is -2.26. The van der Waals surface area contributed by atoms with Gasteiger partial charge in [-0.3, -0.25) is 10.1 Å². The van der Waals surface area contributed by atoms with Gasteiger partial charge < -0.3 is 10.7 Å². The number of aromatic nitrogens is 2. The van der Waals surface area contributed by atoms with Crippen molar-refractivity contribution in [2.45, 2.75) is 11.3 Å². The topological polar surface area (TPSA) is 144 Å². The molecule has 1 heterocycles. The molecule has 112 valence electrons. The van der Waals surface area contributed by atoms with Crippen molar-refractivity contribution < 1.29 is 13.3 Å². The summed E-state index contributed by atoms with van der Waals surface area (Å²) in [5.74, 6) is 0. The van der Waals surface area contributed by atoms with Crippen LogP contribution in [0.4, 0.5) is 11.4 Å². The molecule has 0 amide bonds. The fourth-order valence-corrected chi connectivity index (χ4v) is 2.91. The smallest absolute Gasteiger partial charge is 0.291 e. The summed E-state index contributed by atoms with van der Waals surface area (Å²) in [5, 5.41) is 10.9. The van der Waals surface area contributed by atoms with Crippen LogP contribution >= 0.6 is 0 Å². The Hall–Kier alpha value is -2.46. The van der Waals surface area contributed by atoms with Crippen LogP contribution in [0.2, 0.25) is 0 Å². The Morgan fingerprint density at radius 3 is 2.81 bits per heavy atom. The van der Waals surface area contributed by atoms with E-state index in [0.29, 0.717) is 6.42 Å². The third-order valence-electron chi connectivity index (χ3n) is 2.71. The standard InChI is InChI=1S/C11H13N5O4S/c12-8-1-2-11(10(5-8)16(17)18)21(19,20)15-4-3-9-6-13-7-14-9/h1-2,5-7,15H,3-4,12H2,(H,13,14). The summed E-state index contributed by atoms with van der Waals surface area (Å²) in [6.07, 6.45) is 3.44. The van der Waals surface area contributed by atoms with Crippen LogP contribution in [0.5, 0.6) is 0 Å². The van der Waals surface area contributed by atoms with Crippen molar-refractivity contribution >= 4 is 21.4 Å². The fraction of sp³-hybridized carbons (Fsp3) is 0.182. The Balaban J connectivity index is 2.17. The molecule has 0 radical (unpaired) electrons. The van der Waals surface area contributed by atoms with Crippen molar-refractivity contribution in [1.82, 2.24) is 14.7 Å². The number of nitrogens with one attached hydrogen (secondary N) is 2. The molecular formula is C11H13N5O4S. The lowest BCUT2D eigenvalue weighted by atomic mass is 10.3. The quantitative estimate of drug-likeness (QED) is 0.400. The van der Waals surface area contributed by atoms with Crippen molar-refractivity contribution in [1.29, 1.82) is 0 Å². The van der Waals surface area contributed by atoms with E-state index in [1.54, 1.807) is 6.20 Å². The zero-order chi connectivity index (χ0) is 15.5. The maximum absolute atomic E-state index is 12.1. The number of rotatable bonds is 6. The van der Waals surface area contributed by atoms with E-state index in [9.17, 15) is 18.5 Å². The summed E-state index contributed by atoms with van der Waals surface area (Å²) < 4.78 is 26.5. The van der Waals surface area contributed by atoms with E-state index in [1.807, 2.05) is 0 Å². The minimum Gasteiger partial charge on any atom is -0.399 e. The number of sulfonamides is 1. The average Bonchev–Trinajstić information content (AvgIpc) is 2.91. The molecule has 0 aliphatic heterocycles. The number of anilines is 1. The lowest BCUT2D eigenvalue weighted by Gasteiger charge is -2.07. The third-order valence-corrected chi connectivity index (χ3v) is 4.22. The van der Waals surface area contributed by atoms with Gasteiger partial charge in [0.15, 0.2) is 4.90 Å². The van der Waals surface area contributed by atoms with E-state index in [0.717, 1.165) is 17.8 Å². The molecule has 2 rings (SSSR count). The van der Waals surface area contributed by atoms with Crippen molar-refractivity contribution in [3.05, 3.63) is 46.5 Å². The molecule has 1 aromatic heterocycles. The molecule has 0 unspecified atom stereocenters. The van der Waals surface area contributed by atoms with Crippen molar-refractivity contribution in [3.8, 4) is 0 Å². The van der Waals surface area contributed by atoms with Crippen LogP contribution in [0, 0.1) is 10.1 Å². The van der Waals surface area contributed by atoms with Gasteiger partial charge in [0.05, 0.1) is 11.3 Å². The van der Waals surface area contributed by atoms with E-state index in [4.69, 9.17) is 5.73 Å². The minimum atomic E-state index is -3.99. The molecular weight excluding hydrogens is 298 g/mol. The molecule has 9 nitrogen and oxygen atoms in total. The molecule has 0 aliphatic rings. The summed E-state index contributed by atoms with van der Waals surface area (Å²) in [6.45, 7) is 0.0893. The van der Waals surface area contributed by atoms with E-state index in [1.165, 1.54) is 12.4 Å². The van der Waals surface area contributed by atoms with Gasteiger partial charge in [-0.05, 0) is 12.1 Å². The summed E-state index contributed by atoms with van der Waals surface area (Å²) in [4.78, 5) is 16.4. The Labute approximate surface area is 120 Å². The van der Waals surface area contributed by atoms with Gasteiger partial charge in [-0.1, -0.05) is 0 Å². The normalized spacial score (nSPS) is 11.4. The number of nitrogens with two attached hydrogens (primary N) is 1. The van der Waals surface area contributed by atoms with Gasteiger partial charge in [-0.15, -0.1) is 0 Å². The zero-order valence-electron chi connectivity index (χ0n) is 10.8. The highest BCUT2D eigenvalue weighted by Gasteiger charge is 2.25. The predicted octanol–water partition coefficient (Wildman–Crippen LogP) is 0.421. The van der Waals surface area contributed by atoms with Crippen LogP contribution in [-0.4, -0.2) is 29.9 Å². The highest BCUT2D eigenvalue weighted by atomic mass is 32.2. The second-order valence-electron chi connectivity index (χ2n) is 4.21. The van der Waals surface area contributed by atoms with Gasteiger partial charge in [0.2, 0.25) is 10.0 Å². The van der Waals surface area contributed by atoms with Gasteiger partial charge in [0.25, 0.3) is 5.69 Å². The fourth-order valence-electron chi connectivity index (χ4n) is 1.72. The lowest BCUT2D eigenvalue weighted by molar-refractivity contribution is -0.387. The number of hydrogen-bond donors (Lipinski definition) is 3. The summed E-state index contributed by atoms with van der Waals surface area (Å²) in [7, 11) is -3.99. The van der Waals surface area contributed by atoms with Gasteiger partial charge in [-0.2, -0.15) is 0 Å². The van der Waals surface area contributed by atoms with Crippen LogP contribution in [0.25, 0.3) is 0 Å². The van der Waals surface area contributed by atoms with Gasteiger partial charge >= 0.3 is 0 Å². The maximum atomic E-state index is 12.1. The largest absolute Gasteiger partial charge is 0.399 e. The zero-order valence-corrected chi connectivity index (χ0v) is 11.6. The first kappa shape index (κ1) is 14.9. The van der Waals surface area contributed by atoms with Crippen LogP contribution in [0.3, 0.4) is 0 Å². The third kappa shape index (κ3) is 3.55. The van der Waals surface area contributed by atoms with E-state index < -0.39 is 25.5 Å². The Kier molecular flexibility index (Phi) is 4.19. The predicted molar refractivity (Wildman–Crippen MR) is 75.0 cm³/mol. The van der Waals surface area contributed by atoms with Gasteiger partial charge in [0, 0.05) is 36.6 Å². The molecule has 21 heavy (non-hydrogen) atoms. The summed E-state index contributed by atoms with van der Waals surface area (Å²) >= 11 is 0. The number of nitrogens with zero attached hydrogens (tertiary/aromatic N) is 2. The number of hydrogen-bond acceptors (Lipinski definition) is 6. The minimum absolute atomic E-state index is 0.0893. The molecule has 0 atom stereocenters. The van der Waals surface area contributed by atoms with E-state index in [-0.39, 0.29) is 12.2 Å². The molecule has 0 bridgehead atoms. The Morgan fingerprint density at radius 1 is 1.43 bits per heavy atom. The van der Waals surface area contributed by atoms with Crippen LogP contribution in [-0.2, 0) is 16.4 Å². The number of H-pyrrole nitrogens is 1. The molecule has 10 heteroatoms. The SMILES string of the molecule is Nc1ccc(S(=O)(=O)NCCc2cnc[nH]2)c([N+](=O)[O-])c1. The van der Waals surface area contributed by atoms with Crippen LogP contribution < -0.4 is 10.5 Å². The molecule has 4 N–H and O–H groups in total. The molecule has 0 fully saturated rings. The molecule has 0 spiro atoms. The van der Waals surface area contributed by atoms with Crippen molar-refractivity contribution in [2.75, 3.05) is 12.3 Å². The van der Waals surface area contributed by atoms with Crippen LogP contribution in [0.15, 0.2) is 35.6 Å². The molecule has 0 saturated carbocycles. The average molecular weight is 311 g/mol. The second-order valence-corrected chi connectivity index (χ2v) is 5.94. The molecule has 1 aromatic carbocycles. The molecule has 0 aliphatic carbocycles.